The van der Waals surface area contributed by atoms with Crippen LogP contribution in [0.5, 0.6) is 0 Å². The van der Waals surface area contributed by atoms with Crippen molar-refractivity contribution in [1.29, 1.82) is 0 Å². The number of aromatic nitrogens is 1. The van der Waals surface area contributed by atoms with Crippen LogP contribution in [0.2, 0.25) is 0 Å². The van der Waals surface area contributed by atoms with Crippen LogP contribution in [-0.2, 0) is 10.0 Å². The zero-order chi connectivity index (χ0) is 16.9. The predicted octanol–water partition coefficient (Wildman–Crippen LogP) is 3.79. The molecule has 4 aromatic rings. The Morgan fingerprint density at radius 1 is 0.958 bits per heavy atom. The largest absolute Gasteiger partial charge is 0.477 e. The number of rotatable bonds is 3. The van der Waals surface area contributed by atoms with E-state index >= 15 is 0 Å². The quantitative estimate of drug-likeness (QED) is 0.605. The maximum Gasteiger partial charge on any atom is 0.345 e. The summed E-state index contributed by atoms with van der Waals surface area (Å²) < 4.78 is 27.5. The molecule has 1 N–H and O–H groups in total. The molecular weight excluding hydrogens is 346 g/mol. The molecule has 7 heteroatoms. The summed E-state index contributed by atoms with van der Waals surface area (Å²) in [6.07, 6.45) is 0. The Balaban J connectivity index is 2.15. The lowest BCUT2D eigenvalue weighted by atomic mass is 10.2. The van der Waals surface area contributed by atoms with Gasteiger partial charge in [-0.25, -0.2) is 17.2 Å². The summed E-state index contributed by atoms with van der Waals surface area (Å²) in [5.74, 6) is -1.07. The molecule has 2 aromatic heterocycles. The van der Waals surface area contributed by atoms with Crippen molar-refractivity contribution in [2.24, 2.45) is 0 Å². The first-order valence-corrected chi connectivity index (χ1v) is 9.33. The molecule has 4 rings (SSSR count). The average Bonchev–Trinajstić information content (AvgIpc) is 3.12. The van der Waals surface area contributed by atoms with Crippen molar-refractivity contribution in [2.45, 2.75) is 4.90 Å². The molecule has 0 fully saturated rings. The van der Waals surface area contributed by atoms with E-state index in [-0.39, 0.29) is 9.77 Å². The van der Waals surface area contributed by atoms with Crippen molar-refractivity contribution in [1.82, 2.24) is 3.97 Å². The van der Waals surface area contributed by atoms with Gasteiger partial charge in [-0.2, -0.15) is 0 Å². The van der Waals surface area contributed by atoms with Crippen molar-refractivity contribution in [3.8, 4) is 0 Å². The minimum Gasteiger partial charge on any atom is -0.477 e. The third-order valence-corrected chi connectivity index (χ3v) is 6.75. The minimum absolute atomic E-state index is 0.114. The molecule has 0 saturated carbocycles. The number of hydrogen-bond acceptors (Lipinski definition) is 4. The molecule has 0 unspecified atom stereocenters. The van der Waals surface area contributed by atoms with Crippen LogP contribution < -0.4 is 0 Å². The number of carbonyl (C=O) groups is 1. The molecular formula is C17H11NO4S2. The second-order valence-electron chi connectivity index (χ2n) is 5.23. The standard InChI is InChI=1S/C17H11NO4S2/c19-17(20)15-10-13-12-8-4-5-9-14(12)18(16(13)23-15)24(21,22)11-6-2-1-3-7-11/h1-10H,(H,19,20). The fourth-order valence-corrected chi connectivity index (χ4v) is 5.54. The fourth-order valence-electron chi connectivity index (χ4n) is 2.76. The molecule has 2 heterocycles. The number of fused-ring (bicyclic) bond motifs is 3. The van der Waals surface area contributed by atoms with E-state index in [9.17, 15) is 18.3 Å². The summed E-state index contributed by atoms with van der Waals surface area (Å²) >= 11 is 0.964. The number of thiophene rings is 1. The summed E-state index contributed by atoms with van der Waals surface area (Å²) in [6.45, 7) is 0. The SMILES string of the molecule is O=C(O)c1cc2c3ccccc3n(S(=O)(=O)c3ccccc3)c2s1. The van der Waals surface area contributed by atoms with E-state index in [2.05, 4.69) is 0 Å². The molecule has 120 valence electrons. The van der Waals surface area contributed by atoms with E-state index in [4.69, 9.17) is 0 Å². The molecule has 24 heavy (non-hydrogen) atoms. The first-order chi connectivity index (χ1) is 11.5. The lowest BCUT2D eigenvalue weighted by molar-refractivity contribution is 0.0702. The first kappa shape index (κ1) is 14.9. The second kappa shape index (κ2) is 5.19. The maximum atomic E-state index is 13.1. The van der Waals surface area contributed by atoms with Crippen LogP contribution in [-0.4, -0.2) is 23.5 Å². The molecule has 0 saturated heterocycles. The van der Waals surface area contributed by atoms with E-state index in [0.29, 0.717) is 15.7 Å². The van der Waals surface area contributed by atoms with E-state index < -0.39 is 16.0 Å². The van der Waals surface area contributed by atoms with Gasteiger partial charge in [0.2, 0.25) is 0 Å². The van der Waals surface area contributed by atoms with Crippen molar-refractivity contribution in [3.05, 3.63) is 65.5 Å². The molecule has 0 bridgehead atoms. The highest BCUT2D eigenvalue weighted by atomic mass is 32.2. The Labute approximate surface area is 141 Å². The van der Waals surface area contributed by atoms with Crippen molar-refractivity contribution in [3.63, 3.8) is 0 Å². The normalized spacial score (nSPS) is 12.0. The van der Waals surface area contributed by atoms with Crippen molar-refractivity contribution < 1.29 is 18.3 Å². The predicted molar refractivity (Wildman–Crippen MR) is 93.3 cm³/mol. The van der Waals surface area contributed by atoms with Gasteiger partial charge in [-0.3, -0.25) is 0 Å². The van der Waals surface area contributed by atoms with Crippen LogP contribution in [0.1, 0.15) is 9.67 Å². The number of hydrogen-bond donors (Lipinski definition) is 1. The van der Waals surface area contributed by atoms with Gasteiger partial charge in [0, 0.05) is 10.8 Å². The molecule has 0 atom stereocenters. The Morgan fingerprint density at radius 3 is 2.33 bits per heavy atom. The van der Waals surface area contributed by atoms with Gasteiger partial charge in [-0.15, -0.1) is 11.3 Å². The van der Waals surface area contributed by atoms with Gasteiger partial charge >= 0.3 is 5.97 Å². The third-order valence-electron chi connectivity index (χ3n) is 3.80. The molecule has 0 aliphatic rings. The lowest BCUT2D eigenvalue weighted by Gasteiger charge is -2.08. The average molecular weight is 357 g/mol. The Kier molecular flexibility index (Phi) is 3.22. The molecule has 0 spiro atoms. The molecule has 0 amide bonds. The van der Waals surface area contributed by atoms with E-state index in [1.54, 1.807) is 42.5 Å². The highest BCUT2D eigenvalue weighted by Crippen LogP contribution is 2.37. The number of nitrogens with zero attached hydrogens (tertiary/aromatic N) is 1. The summed E-state index contributed by atoms with van der Waals surface area (Å²) in [6, 6.07) is 16.7. The number of carboxylic acid groups (broad SMARTS) is 1. The van der Waals surface area contributed by atoms with Crippen LogP contribution in [0, 0.1) is 0 Å². The zero-order valence-corrected chi connectivity index (χ0v) is 13.8. The van der Waals surface area contributed by atoms with Crippen LogP contribution >= 0.6 is 11.3 Å². The van der Waals surface area contributed by atoms with Crippen LogP contribution in [0.15, 0.2) is 65.6 Å². The van der Waals surface area contributed by atoms with E-state index in [1.807, 2.05) is 0 Å². The second-order valence-corrected chi connectivity index (χ2v) is 8.05. The Hall–Kier alpha value is -2.64. The molecule has 2 aromatic carbocycles. The first-order valence-electron chi connectivity index (χ1n) is 7.07. The van der Waals surface area contributed by atoms with Crippen molar-refractivity contribution >= 4 is 48.4 Å². The van der Waals surface area contributed by atoms with Gasteiger partial charge in [0.05, 0.1) is 10.4 Å². The lowest BCUT2D eigenvalue weighted by Crippen LogP contribution is -2.12. The van der Waals surface area contributed by atoms with E-state index in [0.717, 1.165) is 16.7 Å². The Bertz CT molecular complexity index is 1190. The molecule has 5 nitrogen and oxygen atoms in total. The smallest absolute Gasteiger partial charge is 0.345 e. The maximum absolute atomic E-state index is 13.1. The highest BCUT2D eigenvalue weighted by molar-refractivity contribution is 7.90. The molecule has 0 aliphatic heterocycles. The van der Waals surface area contributed by atoms with E-state index in [1.165, 1.54) is 22.2 Å². The van der Waals surface area contributed by atoms with Gasteiger partial charge in [0.1, 0.15) is 9.71 Å². The number of benzene rings is 2. The molecule has 0 aliphatic carbocycles. The van der Waals surface area contributed by atoms with Gasteiger partial charge in [0.25, 0.3) is 10.0 Å². The number of para-hydroxylation sites is 1. The van der Waals surface area contributed by atoms with Gasteiger partial charge < -0.3 is 5.11 Å². The summed E-state index contributed by atoms with van der Waals surface area (Å²) in [4.78, 5) is 12.0. The Morgan fingerprint density at radius 2 is 1.62 bits per heavy atom. The molecule has 0 radical (unpaired) electrons. The third kappa shape index (κ3) is 2.05. The topological polar surface area (TPSA) is 76.4 Å². The van der Waals surface area contributed by atoms with Crippen LogP contribution in [0.4, 0.5) is 0 Å². The monoisotopic (exact) mass is 357 g/mol. The van der Waals surface area contributed by atoms with Gasteiger partial charge in [-0.1, -0.05) is 36.4 Å². The van der Waals surface area contributed by atoms with Crippen LogP contribution in [0.25, 0.3) is 21.1 Å². The van der Waals surface area contributed by atoms with Gasteiger partial charge in [-0.05, 0) is 24.3 Å². The summed E-state index contributed by atoms with van der Waals surface area (Å²) in [5.41, 5.74) is 0.541. The summed E-state index contributed by atoms with van der Waals surface area (Å²) in [5, 5.41) is 10.6. The van der Waals surface area contributed by atoms with Crippen LogP contribution in [0.3, 0.4) is 0 Å². The summed E-state index contributed by atoms with van der Waals surface area (Å²) in [7, 11) is -3.83. The van der Waals surface area contributed by atoms with Crippen molar-refractivity contribution in [2.75, 3.05) is 0 Å². The fraction of sp³-hybridized carbons (Fsp3) is 0. The number of carboxylic acids is 1. The number of aromatic carboxylic acids is 1. The van der Waals surface area contributed by atoms with Gasteiger partial charge in [0.15, 0.2) is 0 Å². The highest BCUT2D eigenvalue weighted by Gasteiger charge is 2.25. The minimum atomic E-state index is -3.83. The zero-order valence-electron chi connectivity index (χ0n) is 12.2.